The molecule has 2 aromatic rings. The third-order valence-electron chi connectivity index (χ3n) is 2.33. The molecule has 2 rings (SSSR count). The van der Waals surface area contributed by atoms with Crippen molar-refractivity contribution in [3.8, 4) is 11.6 Å². The Labute approximate surface area is 112 Å². The van der Waals surface area contributed by atoms with E-state index < -0.39 is 5.97 Å². The highest BCUT2D eigenvalue weighted by Crippen LogP contribution is 2.22. The minimum absolute atomic E-state index is 0.203. The Balaban J connectivity index is 2.50. The van der Waals surface area contributed by atoms with Gasteiger partial charge in [0.1, 0.15) is 0 Å². The highest BCUT2D eigenvalue weighted by Gasteiger charge is 2.16. The number of esters is 1. The Bertz CT molecular complexity index is 580. The van der Waals surface area contributed by atoms with E-state index in [0.717, 1.165) is 10.2 Å². The quantitative estimate of drug-likeness (QED) is 0.817. The number of halogens is 1. The minimum atomic E-state index is -0.498. The predicted octanol–water partition coefficient (Wildman–Crippen LogP) is 2.43. The molecule has 0 amide bonds. The fraction of sp³-hybridized carbons (Fsp3) is 0.167. The van der Waals surface area contributed by atoms with Gasteiger partial charge in [0.25, 0.3) is 0 Å². The van der Waals surface area contributed by atoms with Crippen molar-refractivity contribution in [3.05, 3.63) is 40.5 Å². The topological polar surface area (TPSA) is 53.4 Å². The maximum Gasteiger partial charge on any atom is 0.358 e. The second-order valence-corrected chi connectivity index (χ2v) is 4.37. The maximum atomic E-state index is 11.4. The number of rotatable bonds is 3. The first kappa shape index (κ1) is 12.6. The molecule has 0 saturated carbocycles. The van der Waals surface area contributed by atoms with Crippen molar-refractivity contribution in [2.24, 2.45) is 0 Å². The van der Waals surface area contributed by atoms with E-state index >= 15 is 0 Å². The van der Waals surface area contributed by atoms with E-state index in [1.54, 1.807) is 0 Å². The lowest BCUT2D eigenvalue weighted by atomic mass is 10.3. The van der Waals surface area contributed by atoms with Crippen molar-refractivity contribution in [1.29, 1.82) is 0 Å². The molecule has 0 saturated heterocycles. The first-order valence-electron chi connectivity index (χ1n) is 5.14. The molecule has 5 nitrogen and oxygen atoms in total. The molecule has 18 heavy (non-hydrogen) atoms. The van der Waals surface area contributed by atoms with Crippen LogP contribution in [-0.2, 0) is 4.74 Å². The average Bonchev–Trinajstić information content (AvgIpc) is 2.82. The summed E-state index contributed by atoms with van der Waals surface area (Å²) < 4.78 is 12.3. The molecule has 0 spiro atoms. The zero-order valence-electron chi connectivity index (χ0n) is 9.88. The first-order chi connectivity index (χ1) is 8.65. The van der Waals surface area contributed by atoms with Crippen LogP contribution in [-0.4, -0.2) is 30.0 Å². The van der Waals surface area contributed by atoms with Crippen LogP contribution in [0.15, 0.2) is 34.8 Å². The van der Waals surface area contributed by atoms with Crippen LogP contribution < -0.4 is 4.74 Å². The lowest BCUT2D eigenvalue weighted by Crippen LogP contribution is -2.04. The number of carbonyl (C=O) groups excluding carboxylic acids is 1. The summed E-state index contributed by atoms with van der Waals surface area (Å²) in [7, 11) is 2.83. The number of ether oxygens (including phenoxy) is 2. The van der Waals surface area contributed by atoms with E-state index in [1.165, 1.54) is 25.0 Å². The van der Waals surface area contributed by atoms with Crippen LogP contribution in [0.25, 0.3) is 5.69 Å². The summed E-state index contributed by atoms with van der Waals surface area (Å²) in [5.74, 6) is -0.0319. The molecular weight excluding hydrogens is 300 g/mol. The van der Waals surface area contributed by atoms with Crippen molar-refractivity contribution in [2.45, 2.75) is 0 Å². The standard InChI is InChI=1S/C12H11BrN2O3/c1-17-11-7-10(12(16)18-2)14-15(11)9-5-3-4-8(13)6-9/h3-7H,1-2H3. The van der Waals surface area contributed by atoms with E-state index in [0.29, 0.717) is 5.88 Å². The van der Waals surface area contributed by atoms with Gasteiger partial charge in [-0.2, -0.15) is 5.10 Å². The Hall–Kier alpha value is -1.82. The number of aromatic nitrogens is 2. The van der Waals surface area contributed by atoms with Gasteiger partial charge in [-0.05, 0) is 18.2 Å². The Morgan fingerprint density at radius 3 is 2.72 bits per heavy atom. The van der Waals surface area contributed by atoms with Gasteiger partial charge >= 0.3 is 5.97 Å². The molecule has 1 aromatic heterocycles. The minimum Gasteiger partial charge on any atom is -0.481 e. The van der Waals surface area contributed by atoms with Gasteiger partial charge in [-0.3, -0.25) is 0 Å². The van der Waals surface area contributed by atoms with Gasteiger partial charge < -0.3 is 9.47 Å². The second kappa shape index (κ2) is 5.22. The normalized spacial score (nSPS) is 10.2. The average molecular weight is 311 g/mol. The Morgan fingerprint density at radius 2 is 2.11 bits per heavy atom. The summed E-state index contributed by atoms with van der Waals surface area (Å²) in [6.07, 6.45) is 0. The summed E-state index contributed by atoms with van der Waals surface area (Å²) in [5.41, 5.74) is 0.991. The largest absolute Gasteiger partial charge is 0.481 e. The number of nitrogens with zero attached hydrogens (tertiary/aromatic N) is 2. The molecule has 0 aliphatic heterocycles. The van der Waals surface area contributed by atoms with Crippen molar-refractivity contribution in [3.63, 3.8) is 0 Å². The summed E-state index contributed by atoms with van der Waals surface area (Å²) in [6, 6.07) is 9.05. The Kier molecular flexibility index (Phi) is 3.66. The van der Waals surface area contributed by atoms with Crippen LogP contribution in [0, 0.1) is 0 Å². The fourth-order valence-electron chi connectivity index (χ4n) is 1.51. The lowest BCUT2D eigenvalue weighted by Gasteiger charge is -2.05. The Morgan fingerprint density at radius 1 is 1.33 bits per heavy atom. The highest BCUT2D eigenvalue weighted by molar-refractivity contribution is 9.10. The molecular formula is C12H11BrN2O3. The predicted molar refractivity (Wildman–Crippen MR) is 69.2 cm³/mol. The molecule has 0 aliphatic carbocycles. The lowest BCUT2D eigenvalue weighted by molar-refractivity contribution is 0.0593. The summed E-state index contributed by atoms with van der Waals surface area (Å²) in [5, 5.41) is 4.16. The number of methoxy groups -OCH3 is 2. The molecule has 0 radical (unpaired) electrons. The molecule has 1 heterocycles. The molecule has 0 aliphatic rings. The molecule has 94 valence electrons. The van der Waals surface area contributed by atoms with E-state index in [4.69, 9.17) is 4.74 Å². The second-order valence-electron chi connectivity index (χ2n) is 3.46. The van der Waals surface area contributed by atoms with Gasteiger partial charge in [-0.1, -0.05) is 22.0 Å². The van der Waals surface area contributed by atoms with Gasteiger partial charge in [0, 0.05) is 10.5 Å². The van der Waals surface area contributed by atoms with E-state index in [-0.39, 0.29) is 5.69 Å². The molecule has 1 aromatic carbocycles. The smallest absolute Gasteiger partial charge is 0.358 e. The van der Waals surface area contributed by atoms with Crippen LogP contribution in [0.2, 0.25) is 0 Å². The molecule has 0 fully saturated rings. The fourth-order valence-corrected chi connectivity index (χ4v) is 1.89. The zero-order valence-corrected chi connectivity index (χ0v) is 11.5. The van der Waals surface area contributed by atoms with Crippen LogP contribution >= 0.6 is 15.9 Å². The molecule has 0 N–H and O–H groups in total. The van der Waals surface area contributed by atoms with Gasteiger partial charge in [-0.15, -0.1) is 0 Å². The molecule has 0 atom stereocenters. The summed E-state index contributed by atoms with van der Waals surface area (Å²) in [4.78, 5) is 11.4. The monoisotopic (exact) mass is 310 g/mol. The highest BCUT2D eigenvalue weighted by atomic mass is 79.9. The van der Waals surface area contributed by atoms with Crippen molar-refractivity contribution in [2.75, 3.05) is 14.2 Å². The van der Waals surface area contributed by atoms with Crippen molar-refractivity contribution < 1.29 is 14.3 Å². The van der Waals surface area contributed by atoms with Crippen molar-refractivity contribution >= 4 is 21.9 Å². The number of hydrogen-bond acceptors (Lipinski definition) is 4. The number of carbonyl (C=O) groups is 1. The third-order valence-corrected chi connectivity index (χ3v) is 2.83. The van der Waals surface area contributed by atoms with E-state index in [9.17, 15) is 4.79 Å². The van der Waals surface area contributed by atoms with Gasteiger partial charge in [0.05, 0.1) is 19.9 Å². The SMILES string of the molecule is COC(=O)c1cc(OC)n(-c2cccc(Br)c2)n1. The molecule has 6 heteroatoms. The van der Waals surface area contributed by atoms with Gasteiger partial charge in [0.2, 0.25) is 5.88 Å². The van der Waals surface area contributed by atoms with Crippen LogP contribution in [0.1, 0.15) is 10.5 Å². The van der Waals surface area contributed by atoms with E-state index in [2.05, 4.69) is 25.8 Å². The molecule has 0 bridgehead atoms. The first-order valence-corrected chi connectivity index (χ1v) is 5.93. The number of benzene rings is 1. The van der Waals surface area contributed by atoms with Crippen LogP contribution in [0.5, 0.6) is 5.88 Å². The summed E-state index contributed by atoms with van der Waals surface area (Å²) in [6.45, 7) is 0. The van der Waals surface area contributed by atoms with Gasteiger partial charge in [-0.25, -0.2) is 9.48 Å². The van der Waals surface area contributed by atoms with Crippen LogP contribution in [0.4, 0.5) is 0 Å². The zero-order chi connectivity index (χ0) is 13.1. The summed E-state index contributed by atoms with van der Waals surface area (Å²) >= 11 is 3.38. The number of hydrogen-bond donors (Lipinski definition) is 0. The van der Waals surface area contributed by atoms with Crippen molar-refractivity contribution in [1.82, 2.24) is 9.78 Å². The van der Waals surface area contributed by atoms with Gasteiger partial charge in [0.15, 0.2) is 5.69 Å². The molecule has 0 unspecified atom stereocenters. The van der Waals surface area contributed by atoms with E-state index in [1.807, 2.05) is 24.3 Å². The van der Waals surface area contributed by atoms with Crippen LogP contribution in [0.3, 0.4) is 0 Å². The maximum absolute atomic E-state index is 11.4. The third kappa shape index (κ3) is 2.38.